The third-order valence-corrected chi connectivity index (χ3v) is 14.8. The number of aliphatic hydroxyl groups is 2. The first-order valence-corrected chi connectivity index (χ1v) is 30.2. The number of nitrogens with two attached hydrogens (primary N) is 5. The van der Waals surface area contributed by atoms with Crippen molar-refractivity contribution in [3.63, 3.8) is 0 Å². The second kappa shape index (κ2) is 40.9. The molecule has 1 fully saturated rings. The highest BCUT2D eigenvalue weighted by molar-refractivity contribution is 5.98. The zero-order valence-corrected chi connectivity index (χ0v) is 50.1. The molecule has 0 unspecified atom stereocenters. The van der Waals surface area contributed by atoms with Crippen LogP contribution < -0.4 is 65.9 Å². The van der Waals surface area contributed by atoms with Gasteiger partial charge in [0.1, 0.15) is 41.8 Å². The number of carbonyl (C=O) groups excluding carboxylic acids is 10. The molecule has 1 saturated heterocycles. The number of rotatable bonds is 33. The predicted octanol–water partition coefficient (Wildman–Crippen LogP) is -0.0435. The molecule has 1 heterocycles. The lowest BCUT2D eigenvalue weighted by atomic mass is 9.91. The summed E-state index contributed by atoms with van der Waals surface area (Å²) >= 11 is 0. The van der Waals surface area contributed by atoms with E-state index in [-0.39, 0.29) is 120 Å². The van der Waals surface area contributed by atoms with Gasteiger partial charge in [-0.2, -0.15) is 0 Å². The fourth-order valence-electron chi connectivity index (χ4n) is 9.94. The molecule has 0 bridgehead atoms. The summed E-state index contributed by atoms with van der Waals surface area (Å²) < 4.78 is 0. The molecule has 0 saturated carbocycles. The van der Waals surface area contributed by atoms with Gasteiger partial charge in [-0.25, -0.2) is 0 Å². The van der Waals surface area contributed by atoms with Crippen molar-refractivity contribution in [3.8, 4) is 0 Å². The molecule has 1 aliphatic rings. The van der Waals surface area contributed by atoms with Crippen molar-refractivity contribution in [2.24, 2.45) is 46.4 Å². The normalized spacial score (nSPS) is 22.5. The second-order valence-electron chi connectivity index (χ2n) is 22.8. The van der Waals surface area contributed by atoms with Crippen LogP contribution in [0.25, 0.3) is 0 Å². The molecule has 84 heavy (non-hydrogen) atoms. The van der Waals surface area contributed by atoms with Crippen LogP contribution in [0.3, 0.4) is 0 Å². The van der Waals surface area contributed by atoms with Crippen LogP contribution in [-0.4, -0.2) is 155 Å². The van der Waals surface area contributed by atoms with Crippen LogP contribution in [0, 0.1) is 23.2 Å². The molecule has 0 aromatic heterocycles. The number of aliphatic hydroxyl groups excluding tert-OH is 2. The maximum atomic E-state index is 14.6. The number of ketones is 3. The van der Waals surface area contributed by atoms with Crippen molar-refractivity contribution in [3.05, 3.63) is 35.9 Å². The predicted molar refractivity (Wildman–Crippen MR) is 319 cm³/mol. The Balaban J connectivity index is 2.70. The molecule has 2 rings (SSSR count). The average Bonchev–Trinajstić information content (AvgIpc) is 3.58. The largest absolute Gasteiger partial charge is 0.393 e. The van der Waals surface area contributed by atoms with Crippen LogP contribution in [0.15, 0.2) is 30.3 Å². The molecule has 25 heteroatoms. The van der Waals surface area contributed by atoms with E-state index in [1.165, 1.54) is 6.92 Å². The molecular weight excluding hydrogens is 1080 g/mol. The number of hydrogen-bond acceptors (Lipinski definition) is 17. The lowest BCUT2D eigenvalue weighted by Gasteiger charge is -2.28. The first-order valence-electron chi connectivity index (χ1n) is 30.2. The summed E-state index contributed by atoms with van der Waals surface area (Å²) in [6, 6.07) is -0.759. The van der Waals surface area contributed by atoms with E-state index in [1.807, 2.05) is 0 Å². The van der Waals surface area contributed by atoms with E-state index in [1.54, 1.807) is 44.2 Å². The van der Waals surface area contributed by atoms with Crippen molar-refractivity contribution in [1.82, 2.24) is 37.2 Å². The van der Waals surface area contributed by atoms with Gasteiger partial charge in [0.2, 0.25) is 41.4 Å². The number of Topliss-reactive ketones (excluding diaryl/α,β-unsaturated/α-hetero) is 3. The topological polar surface area (TPSA) is 449 Å². The summed E-state index contributed by atoms with van der Waals surface area (Å²) in [5.41, 5.74) is 30.1. The Labute approximate surface area is 495 Å². The number of benzene rings is 1. The molecule has 7 amide bonds. The number of unbranched alkanes of at least 4 members (excludes halogenated alkanes) is 5. The van der Waals surface area contributed by atoms with Crippen molar-refractivity contribution in [2.45, 2.75) is 223 Å². The molecule has 11 atom stereocenters. The fourth-order valence-corrected chi connectivity index (χ4v) is 9.94. The highest BCUT2D eigenvalue weighted by atomic mass is 16.3. The highest BCUT2D eigenvalue weighted by Crippen LogP contribution is 2.19. The van der Waals surface area contributed by atoms with Gasteiger partial charge in [-0.3, -0.25) is 53.4 Å². The molecule has 1 aliphatic heterocycles. The van der Waals surface area contributed by atoms with Gasteiger partial charge in [0.05, 0.1) is 30.1 Å². The number of hydrogen-bond donors (Lipinski definition) is 15. The summed E-state index contributed by atoms with van der Waals surface area (Å²) in [4.78, 5) is 141. The minimum Gasteiger partial charge on any atom is -0.393 e. The minimum atomic E-state index is -1.65. The smallest absolute Gasteiger partial charge is 0.245 e. The lowest BCUT2D eigenvalue weighted by molar-refractivity contribution is -0.136. The lowest BCUT2D eigenvalue weighted by Crippen LogP contribution is -2.60. The molecule has 0 aliphatic carbocycles. The molecule has 25 nitrogen and oxygen atoms in total. The van der Waals surface area contributed by atoms with Gasteiger partial charge in [-0.1, -0.05) is 89.6 Å². The summed E-state index contributed by atoms with van der Waals surface area (Å²) in [5.74, 6) is -9.64. The van der Waals surface area contributed by atoms with E-state index in [9.17, 15) is 58.2 Å². The molecular formula is C59H101N13O12. The summed E-state index contributed by atoms with van der Waals surface area (Å²) in [6.07, 6.45) is 2.75. The van der Waals surface area contributed by atoms with Gasteiger partial charge in [0.15, 0.2) is 5.78 Å². The van der Waals surface area contributed by atoms with E-state index < -0.39 is 120 Å². The fraction of sp³-hybridized carbons (Fsp3) is 0.712. The first-order chi connectivity index (χ1) is 39.9. The van der Waals surface area contributed by atoms with Gasteiger partial charge in [-0.05, 0) is 102 Å². The Morgan fingerprint density at radius 3 is 1.88 bits per heavy atom. The second-order valence-corrected chi connectivity index (χ2v) is 22.8. The van der Waals surface area contributed by atoms with E-state index in [0.29, 0.717) is 37.7 Å². The summed E-state index contributed by atoms with van der Waals surface area (Å²) in [5, 5.41) is 47.6. The van der Waals surface area contributed by atoms with Gasteiger partial charge < -0.3 is 76.1 Å². The maximum absolute atomic E-state index is 14.6. The van der Waals surface area contributed by atoms with Crippen molar-refractivity contribution >= 4 is 64.5 Å². The Bertz CT molecular complexity index is 2260. The number of amidine groups is 1. The highest BCUT2D eigenvalue weighted by Gasteiger charge is 2.37. The van der Waals surface area contributed by atoms with Gasteiger partial charge in [0.25, 0.3) is 0 Å². The zero-order valence-electron chi connectivity index (χ0n) is 50.1. The Morgan fingerprint density at radius 1 is 0.667 bits per heavy atom. The molecule has 0 spiro atoms. The first kappa shape index (κ1) is 73.9. The zero-order chi connectivity index (χ0) is 62.7. The van der Waals surface area contributed by atoms with Crippen molar-refractivity contribution < 1.29 is 58.2 Å². The van der Waals surface area contributed by atoms with Crippen molar-refractivity contribution in [1.29, 1.82) is 5.41 Å². The Kier molecular flexibility index (Phi) is 36.0. The number of nitrogens with one attached hydrogen (secondary N) is 8. The molecule has 20 N–H and O–H groups in total. The third kappa shape index (κ3) is 29.0. The van der Waals surface area contributed by atoms with Crippen LogP contribution in [0.4, 0.5) is 0 Å². The molecule has 1 aromatic rings. The standard InChI is InChI=1S/C59H101N13O12/c1-5-6-7-8-12-18-41(74)35-42(75)33-39(23-27-60)53(78)67-44-26-30-66-59(84)52(37(4)73)72-56(81)46(25-29-62)69-55(80)45(20-15-21-49(76)43(63)19-13-14-22-51(64)65)68-57(82)47(31-36(2)3)71-58(83)48(32-38-16-10-9-11-17-38)70-54(79)40(24-28-61)34-50(44)77/h9-11,16-17,36-37,39-41,43-48,52,73-74H,5-8,12-15,18-35,60-63H2,1-4H3,(H3,64,65)(H,66,84)(H,67,78)(H,68,82)(H,69,80)(H,70,79)(H,71,83)(H,72,81)/t37-,39+,40-,41-,43+,44+,45+,46+,47+,48-,52+/m1/s1. The average molecular weight is 1180 g/mol. The van der Waals surface area contributed by atoms with Gasteiger partial charge in [-0.15, -0.1) is 0 Å². The van der Waals surface area contributed by atoms with Gasteiger partial charge in [0, 0.05) is 56.9 Å². The summed E-state index contributed by atoms with van der Waals surface area (Å²) in [6.45, 7) is 6.32. The van der Waals surface area contributed by atoms with Crippen LogP contribution >= 0.6 is 0 Å². The SMILES string of the molecule is CCCCCCC[C@@H](O)CC(=O)C[C@H](CCN)C(=O)N[C@H]1CCNC(=O)[C@H]([C@@H](C)O)NC(=O)[C@H](CCN)NC(=O)[C@H](CCCC(=O)[C@@H](N)CCCCC(=N)N)NC(=O)[C@H](CC(C)C)NC(=O)[C@@H](Cc2ccccc2)NC(=O)[C@H](CCN)CC1=O. The van der Waals surface area contributed by atoms with E-state index >= 15 is 0 Å². The molecule has 0 radical (unpaired) electrons. The molecule has 474 valence electrons. The van der Waals surface area contributed by atoms with Gasteiger partial charge >= 0.3 is 0 Å². The van der Waals surface area contributed by atoms with E-state index in [4.69, 9.17) is 34.1 Å². The van der Waals surface area contributed by atoms with E-state index in [2.05, 4.69) is 44.1 Å². The maximum Gasteiger partial charge on any atom is 0.245 e. The van der Waals surface area contributed by atoms with E-state index in [0.717, 1.165) is 32.1 Å². The summed E-state index contributed by atoms with van der Waals surface area (Å²) in [7, 11) is 0. The monoisotopic (exact) mass is 1180 g/mol. The number of carbonyl (C=O) groups is 10. The van der Waals surface area contributed by atoms with Crippen LogP contribution in [-0.2, 0) is 54.4 Å². The Hall–Kier alpha value is -6.25. The minimum absolute atomic E-state index is 0.00790. The number of amides is 7. The van der Waals surface area contributed by atoms with Crippen LogP contribution in [0.1, 0.15) is 168 Å². The Morgan fingerprint density at radius 2 is 1.26 bits per heavy atom. The van der Waals surface area contributed by atoms with Crippen LogP contribution in [0.5, 0.6) is 0 Å². The van der Waals surface area contributed by atoms with Crippen molar-refractivity contribution in [2.75, 3.05) is 26.2 Å². The third-order valence-electron chi connectivity index (χ3n) is 14.8. The molecule has 1 aromatic carbocycles. The quantitative estimate of drug-likeness (QED) is 0.0249. The van der Waals surface area contributed by atoms with Crippen LogP contribution in [0.2, 0.25) is 0 Å².